The van der Waals surface area contributed by atoms with Crippen LogP contribution in [0.3, 0.4) is 0 Å². The Hall–Kier alpha value is -3.45. The van der Waals surface area contributed by atoms with Gasteiger partial charge in [-0.05, 0) is 55.7 Å². The molecule has 0 radical (unpaired) electrons. The zero-order valence-electron chi connectivity index (χ0n) is 19.3. The average molecular weight is 458 g/mol. The van der Waals surface area contributed by atoms with Crippen LogP contribution in [0.15, 0.2) is 72.0 Å². The minimum atomic E-state index is 0.0396. The lowest BCUT2D eigenvalue weighted by atomic mass is 10.1. The SMILES string of the molecule is Cc1ccc(-n2c(SCC(=O)N(C)Cc3ccccc3C)nnc2-c2ccccn2)c(C)c1. The molecule has 0 saturated heterocycles. The van der Waals surface area contributed by atoms with Crippen LogP contribution < -0.4 is 0 Å². The van der Waals surface area contributed by atoms with Gasteiger partial charge in [0, 0.05) is 19.8 Å². The maximum atomic E-state index is 12.9. The predicted octanol–water partition coefficient (Wildman–Crippen LogP) is 5.01. The molecule has 4 aromatic rings. The van der Waals surface area contributed by atoms with Crippen molar-refractivity contribution < 1.29 is 4.79 Å². The van der Waals surface area contributed by atoms with Gasteiger partial charge in [-0.2, -0.15) is 0 Å². The summed E-state index contributed by atoms with van der Waals surface area (Å²) in [5.74, 6) is 0.969. The van der Waals surface area contributed by atoms with Crippen molar-refractivity contribution in [3.05, 3.63) is 89.1 Å². The Balaban J connectivity index is 1.59. The van der Waals surface area contributed by atoms with Gasteiger partial charge in [-0.15, -0.1) is 10.2 Å². The molecule has 0 N–H and O–H groups in total. The number of benzene rings is 2. The van der Waals surface area contributed by atoms with Crippen LogP contribution in [0.2, 0.25) is 0 Å². The summed E-state index contributed by atoms with van der Waals surface area (Å²) in [4.78, 5) is 19.1. The van der Waals surface area contributed by atoms with Gasteiger partial charge in [0.15, 0.2) is 11.0 Å². The standard InChI is InChI=1S/C26H27N5OS/c1-18-12-13-23(20(3)15-18)31-25(22-11-7-8-14-27-22)28-29-26(31)33-17-24(32)30(4)16-21-10-6-5-9-19(21)2/h5-15H,16-17H2,1-4H3. The van der Waals surface area contributed by atoms with Gasteiger partial charge in [-0.1, -0.05) is 59.8 Å². The minimum absolute atomic E-state index is 0.0396. The van der Waals surface area contributed by atoms with E-state index in [0.29, 0.717) is 17.5 Å². The second-order valence-electron chi connectivity index (χ2n) is 8.11. The lowest BCUT2D eigenvalue weighted by molar-refractivity contribution is -0.127. The van der Waals surface area contributed by atoms with Crippen LogP contribution in [0.25, 0.3) is 17.2 Å². The quantitative estimate of drug-likeness (QED) is 0.365. The molecule has 1 amide bonds. The van der Waals surface area contributed by atoms with E-state index >= 15 is 0 Å². The summed E-state index contributed by atoms with van der Waals surface area (Å²) in [6.07, 6.45) is 1.74. The Morgan fingerprint density at radius 3 is 2.48 bits per heavy atom. The summed E-state index contributed by atoms with van der Waals surface area (Å²) < 4.78 is 2.00. The van der Waals surface area contributed by atoms with Crippen LogP contribution >= 0.6 is 11.8 Å². The fourth-order valence-corrected chi connectivity index (χ4v) is 4.55. The van der Waals surface area contributed by atoms with Crippen LogP contribution in [-0.4, -0.2) is 43.4 Å². The van der Waals surface area contributed by atoms with E-state index in [1.54, 1.807) is 11.1 Å². The average Bonchev–Trinajstić information content (AvgIpc) is 3.23. The summed E-state index contributed by atoms with van der Waals surface area (Å²) in [5, 5.41) is 9.53. The zero-order chi connectivity index (χ0) is 23.4. The van der Waals surface area contributed by atoms with E-state index in [2.05, 4.69) is 66.3 Å². The monoisotopic (exact) mass is 457 g/mol. The number of amides is 1. The Labute approximate surface area is 198 Å². The first-order chi connectivity index (χ1) is 15.9. The number of hydrogen-bond donors (Lipinski definition) is 0. The van der Waals surface area contributed by atoms with E-state index < -0.39 is 0 Å². The maximum Gasteiger partial charge on any atom is 0.233 e. The Morgan fingerprint density at radius 1 is 0.970 bits per heavy atom. The number of pyridine rings is 1. The van der Waals surface area contributed by atoms with Gasteiger partial charge < -0.3 is 4.90 Å². The van der Waals surface area contributed by atoms with Crippen LogP contribution in [0.5, 0.6) is 0 Å². The second kappa shape index (κ2) is 10.0. The number of hydrogen-bond acceptors (Lipinski definition) is 5. The lowest BCUT2D eigenvalue weighted by Crippen LogP contribution is -2.28. The van der Waals surface area contributed by atoms with Crippen molar-refractivity contribution >= 4 is 17.7 Å². The van der Waals surface area contributed by atoms with E-state index in [4.69, 9.17) is 0 Å². The molecule has 4 rings (SSSR count). The fraction of sp³-hybridized carbons (Fsp3) is 0.231. The van der Waals surface area contributed by atoms with Gasteiger partial charge in [-0.25, -0.2) is 0 Å². The number of rotatable bonds is 7. The molecule has 0 spiro atoms. The first-order valence-electron chi connectivity index (χ1n) is 10.8. The first kappa shape index (κ1) is 22.7. The summed E-state index contributed by atoms with van der Waals surface area (Å²) in [6, 6.07) is 20.1. The molecule has 0 aliphatic carbocycles. The van der Waals surface area contributed by atoms with Crippen LogP contribution in [-0.2, 0) is 11.3 Å². The van der Waals surface area contributed by atoms with E-state index in [1.807, 2.05) is 41.9 Å². The molecule has 0 bridgehead atoms. The van der Waals surface area contributed by atoms with Crippen molar-refractivity contribution in [2.24, 2.45) is 0 Å². The first-order valence-corrected chi connectivity index (χ1v) is 11.8. The van der Waals surface area contributed by atoms with Gasteiger partial charge in [-0.3, -0.25) is 14.3 Å². The highest BCUT2D eigenvalue weighted by molar-refractivity contribution is 7.99. The predicted molar refractivity (Wildman–Crippen MR) is 132 cm³/mol. The minimum Gasteiger partial charge on any atom is -0.341 e. The lowest BCUT2D eigenvalue weighted by Gasteiger charge is -2.18. The van der Waals surface area contributed by atoms with Crippen molar-refractivity contribution in [2.45, 2.75) is 32.5 Å². The summed E-state index contributed by atoms with van der Waals surface area (Å²) in [5.41, 5.74) is 6.34. The van der Waals surface area contributed by atoms with Gasteiger partial charge in [0.05, 0.1) is 11.4 Å². The van der Waals surface area contributed by atoms with Crippen molar-refractivity contribution in [1.29, 1.82) is 0 Å². The molecule has 33 heavy (non-hydrogen) atoms. The Kier molecular flexibility index (Phi) is 6.89. The van der Waals surface area contributed by atoms with Gasteiger partial charge in [0.1, 0.15) is 5.69 Å². The summed E-state index contributed by atoms with van der Waals surface area (Å²) in [7, 11) is 1.84. The molecule has 0 aliphatic rings. The third-order valence-corrected chi connectivity index (χ3v) is 6.45. The molecular weight excluding hydrogens is 430 g/mol. The van der Waals surface area contributed by atoms with E-state index in [-0.39, 0.29) is 11.7 Å². The normalized spacial score (nSPS) is 10.9. The third kappa shape index (κ3) is 5.14. The highest BCUT2D eigenvalue weighted by atomic mass is 32.2. The smallest absolute Gasteiger partial charge is 0.233 e. The highest BCUT2D eigenvalue weighted by Gasteiger charge is 2.20. The van der Waals surface area contributed by atoms with Crippen molar-refractivity contribution in [2.75, 3.05) is 12.8 Å². The molecule has 6 nitrogen and oxygen atoms in total. The summed E-state index contributed by atoms with van der Waals surface area (Å²) in [6.45, 7) is 6.78. The summed E-state index contributed by atoms with van der Waals surface area (Å²) >= 11 is 1.39. The number of aryl methyl sites for hydroxylation is 3. The largest absolute Gasteiger partial charge is 0.341 e. The number of carbonyl (C=O) groups is 1. The van der Waals surface area contributed by atoms with Crippen LogP contribution in [0, 0.1) is 20.8 Å². The van der Waals surface area contributed by atoms with E-state index in [1.165, 1.54) is 22.9 Å². The van der Waals surface area contributed by atoms with Gasteiger partial charge in [0.2, 0.25) is 5.91 Å². The number of nitrogens with zero attached hydrogens (tertiary/aromatic N) is 5. The van der Waals surface area contributed by atoms with E-state index in [9.17, 15) is 4.79 Å². The van der Waals surface area contributed by atoms with E-state index in [0.717, 1.165) is 22.5 Å². The Morgan fingerprint density at radius 2 is 1.76 bits per heavy atom. The van der Waals surface area contributed by atoms with Crippen LogP contribution in [0.4, 0.5) is 0 Å². The molecule has 0 aliphatic heterocycles. The van der Waals surface area contributed by atoms with Crippen molar-refractivity contribution in [3.63, 3.8) is 0 Å². The fourth-order valence-electron chi connectivity index (χ4n) is 3.67. The van der Waals surface area contributed by atoms with Gasteiger partial charge in [0.25, 0.3) is 0 Å². The number of carbonyl (C=O) groups excluding carboxylic acids is 1. The molecule has 2 aromatic heterocycles. The molecular formula is C26H27N5OS. The molecule has 0 atom stereocenters. The number of thioether (sulfide) groups is 1. The third-order valence-electron chi connectivity index (χ3n) is 5.54. The second-order valence-corrected chi connectivity index (χ2v) is 9.05. The molecule has 0 fully saturated rings. The number of aromatic nitrogens is 4. The molecule has 168 valence electrons. The van der Waals surface area contributed by atoms with Crippen LogP contribution in [0.1, 0.15) is 22.3 Å². The molecule has 7 heteroatoms. The Bertz CT molecular complexity index is 1270. The topological polar surface area (TPSA) is 63.9 Å². The zero-order valence-corrected chi connectivity index (χ0v) is 20.1. The molecule has 0 unspecified atom stereocenters. The van der Waals surface area contributed by atoms with Gasteiger partial charge >= 0.3 is 0 Å². The molecule has 0 saturated carbocycles. The highest BCUT2D eigenvalue weighted by Crippen LogP contribution is 2.29. The molecule has 2 aromatic carbocycles. The maximum absolute atomic E-state index is 12.9. The molecule has 2 heterocycles. The van der Waals surface area contributed by atoms with Crippen molar-refractivity contribution in [3.8, 4) is 17.2 Å². The van der Waals surface area contributed by atoms with Crippen molar-refractivity contribution in [1.82, 2.24) is 24.6 Å².